The number of carbonyl (C=O) groups is 2. The van der Waals surface area contributed by atoms with E-state index in [2.05, 4.69) is 20.8 Å². The number of carboxylic acid groups (broad SMARTS) is 1. The van der Waals surface area contributed by atoms with Crippen LogP contribution in [0.5, 0.6) is 0 Å². The van der Waals surface area contributed by atoms with Crippen LogP contribution in [-0.2, 0) is 14.3 Å². The third kappa shape index (κ3) is 51.3. The molecular weight excluding hydrogens is 617 g/mol. The zero-order chi connectivity index (χ0) is 36.9. The summed E-state index contributed by atoms with van der Waals surface area (Å²) >= 11 is 0. The van der Waals surface area contributed by atoms with Gasteiger partial charge in [0, 0.05) is 12.8 Å². The second kappa shape index (κ2) is 47.9. The van der Waals surface area contributed by atoms with Crippen molar-refractivity contribution in [2.24, 2.45) is 0 Å². The Labute approximate surface area is 314 Å². The van der Waals surface area contributed by atoms with Gasteiger partial charge in [-0.1, -0.05) is 245 Å². The summed E-state index contributed by atoms with van der Waals surface area (Å²) < 4.78 is 5.37. The largest absolute Gasteiger partial charge is 0.481 e. The molecule has 0 fully saturated rings. The van der Waals surface area contributed by atoms with Crippen LogP contribution in [0.3, 0.4) is 0 Å². The summed E-state index contributed by atoms with van der Waals surface area (Å²) in [4.78, 5) is 22.1. The fourth-order valence-corrected chi connectivity index (χ4v) is 6.78. The summed E-state index contributed by atoms with van der Waals surface area (Å²) in [6.07, 6.45) is 51.5. The number of carboxylic acids is 1. The lowest BCUT2D eigenvalue weighted by molar-refractivity contribution is -0.144. The van der Waals surface area contributed by atoms with Gasteiger partial charge in [-0.25, -0.2) is 0 Å². The number of unbranched alkanes of at least 4 members (excludes halogenated alkanes) is 35. The summed E-state index contributed by atoms with van der Waals surface area (Å²) in [7, 11) is 0. The van der Waals surface area contributed by atoms with E-state index in [-0.39, 0.29) is 5.97 Å². The summed E-state index contributed by atoms with van der Waals surface area (Å²) in [5, 5.41) is 8.52. The van der Waals surface area contributed by atoms with Gasteiger partial charge in [0.25, 0.3) is 0 Å². The van der Waals surface area contributed by atoms with Crippen LogP contribution in [0.15, 0.2) is 0 Å². The number of hydrogen-bond acceptors (Lipinski definition) is 3. The minimum atomic E-state index is -0.653. The first-order valence-corrected chi connectivity index (χ1v) is 23.0. The zero-order valence-corrected chi connectivity index (χ0v) is 34.7. The van der Waals surface area contributed by atoms with Crippen LogP contribution < -0.4 is 0 Å². The molecule has 0 rings (SSSR count). The molecule has 0 saturated carbocycles. The van der Waals surface area contributed by atoms with E-state index in [1.54, 1.807) is 0 Å². The molecule has 0 heterocycles. The minimum Gasteiger partial charge on any atom is -0.481 e. The van der Waals surface area contributed by atoms with Crippen molar-refractivity contribution in [3.63, 3.8) is 0 Å². The van der Waals surface area contributed by atoms with E-state index in [9.17, 15) is 9.59 Å². The molecule has 0 saturated heterocycles. The van der Waals surface area contributed by atoms with E-state index >= 15 is 0 Å². The first-order chi connectivity index (χ1) is 24.6. The smallest absolute Gasteiger partial charge is 0.305 e. The highest BCUT2D eigenvalue weighted by molar-refractivity contribution is 5.69. The normalized spacial score (nSPS) is 11.0. The standard InChI is InChI=1S/C28H56O2.C18H36O2/c1-3-5-7-9-11-13-14-15-16-17-18-19-20-22-24-26-28(29)30-27-25-23-21-12-10-8-6-4-2;1-2-3-4-5-6-7-8-9-10-11-12-13-14-15-16-17-18(19)20/h3-27H2,1-2H3;2-17H2,1H3,(H,19,20). The van der Waals surface area contributed by atoms with Crippen LogP contribution in [0.1, 0.15) is 278 Å². The van der Waals surface area contributed by atoms with Gasteiger partial charge in [-0.05, 0) is 19.3 Å². The molecule has 0 aliphatic rings. The quantitative estimate of drug-likeness (QED) is 0.0507. The lowest BCUT2D eigenvalue weighted by atomic mass is 10.0. The molecule has 0 bridgehead atoms. The number of hydrogen-bond donors (Lipinski definition) is 1. The van der Waals surface area contributed by atoms with Gasteiger partial charge >= 0.3 is 11.9 Å². The molecule has 4 heteroatoms. The van der Waals surface area contributed by atoms with E-state index < -0.39 is 5.97 Å². The highest BCUT2D eigenvalue weighted by atomic mass is 16.5. The topological polar surface area (TPSA) is 63.6 Å². The Morgan fingerprint density at radius 3 is 0.800 bits per heavy atom. The fraction of sp³-hybridized carbons (Fsp3) is 0.957. The Morgan fingerprint density at radius 1 is 0.320 bits per heavy atom. The Kier molecular flexibility index (Phi) is 48.9. The van der Waals surface area contributed by atoms with Crippen molar-refractivity contribution >= 4 is 11.9 Å². The maximum atomic E-state index is 11.8. The van der Waals surface area contributed by atoms with Crippen molar-refractivity contribution < 1.29 is 19.4 Å². The molecule has 0 aliphatic heterocycles. The minimum absolute atomic E-state index is 0.0210. The maximum absolute atomic E-state index is 11.8. The second-order valence-corrected chi connectivity index (χ2v) is 15.5. The van der Waals surface area contributed by atoms with Crippen molar-refractivity contribution in [1.82, 2.24) is 0 Å². The van der Waals surface area contributed by atoms with Crippen molar-refractivity contribution in [1.29, 1.82) is 0 Å². The number of rotatable bonds is 41. The Morgan fingerprint density at radius 2 is 0.540 bits per heavy atom. The van der Waals surface area contributed by atoms with Crippen molar-refractivity contribution in [3.05, 3.63) is 0 Å². The van der Waals surface area contributed by atoms with Gasteiger partial charge in [0.05, 0.1) is 6.61 Å². The first kappa shape index (κ1) is 51.0. The number of aliphatic carboxylic acids is 1. The predicted octanol–water partition coefficient (Wildman–Crippen LogP) is 16.3. The third-order valence-electron chi connectivity index (χ3n) is 10.2. The van der Waals surface area contributed by atoms with Crippen LogP contribution in [-0.4, -0.2) is 23.7 Å². The van der Waals surface area contributed by atoms with E-state index in [4.69, 9.17) is 9.84 Å². The molecular formula is C46H92O4. The molecule has 0 aromatic heterocycles. The molecule has 50 heavy (non-hydrogen) atoms. The van der Waals surface area contributed by atoms with Gasteiger partial charge in [0.2, 0.25) is 0 Å². The number of carbonyl (C=O) groups excluding carboxylic acids is 1. The second-order valence-electron chi connectivity index (χ2n) is 15.5. The summed E-state index contributed by atoms with van der Waals surface area (Å²) in [5.74, 6) is -0.632. The van der Waals surface area contributed by atoms with Crippen LogP contribution in [0, 0.1) is 0 Å². The van der Waals surface area contributed by atoms with Crippen molar-refractivity contribution in [3.8, 4) is 0 Å². The molecule has 0 unspecified atom stereocenters. The lowest BCUT2D eigenvalue weighted by Gasteiger charge is -2.05. The van der Waals surface area contributed by atoms with Gasteiger partial charge in [0.1, 0.15) is 0 Å². The Bertz CT molecular complexity index is 634. The molecule has 300 valence electrons. The molecule has 0 aromatic carbocycles. The molecule has 0 amide bonds. The molecule has 1 N–H and O–H groups in total. The average molecular weight is 709 g/mol. The predicted molar refractivity (Wildman–Crippen MR) is 220 cm³/mol. The highest BCUT2D eigenvalue weighted by Crippen LogP contribution is 2.15. The summed E-state index contributed by atoms with van der Waals surface area (Å²) in [6, 6.07) is 0. The van der Waals surface area contributed by atoms with Crippen molar-refractivity contribution in [2.45, 2.75) is 278 Å². The number of esters is 1. The first-order valence-electron chi connectivity index (χ1n) is 23.0. The SMILES string of the molecule is CCCCCCCCCCCCCCCCCC(=O)O.CCCCCCCCCCCCCCCCCC(=O)OCCCCCCCCCC. The van der Waals surface area contributed by atoms with Crippen LogP contribution in [0.4, 0.5) is 0 Å². The van der Waals surface area contributed by atoms with E-state index in [1.807, 2.05) is 0 Å². The zero-order valence-electron chi connectivity index (χ0n) is 34.7. The van der Waals surface area contributed by atoms with Crippen LogP contribution in [0.25, 0.3) is 0 Å². The van der Waals surface area contributed by atoms with Crippen molar-refractivity contribution in [2.75, 3.05) is 6.61 Å². The van der Waals surface area contributed by atoms with Gasteiger partial charge in [0.15, 0.2) is 0 Å². The molecule has 0 radical (unpaired) electrons. The van der Waals surface area contributed by atoms with E-state index in [0.717, 1.165) is 25.7 Å². The lowest BCUT2D eigenvalue weighted by Crippen LogP contribution is -2.05. The van der Waals surface area contributed by atoms with E-state index in [0.29, 0.717) is 19.4 Å². The molecule has 4 nitrogen and oxygen atoms in total. The fourth-order valence-electron chi connectivity index (χ4n) is 6.78. The third-order valence-corrected chi connectivity index (χ3v) is 10.2. The molecule has 0 aromatic rings. The van der Waals surface area contributed by atoms with E-state index in [1.165, 1.54) is 218 Å². The average Bonchev–Trinajstić information content (AvgIpc) is 3.11. The molecule has 0 spiro atoms. The highest BCUT2D eigenvalue weighted by Gasteiger charge is 2.03. The summed E-state index contributed by atoms with van der Waals surface area (Å²) in [5.41, 5.74) is 0. The Balaban J connectivity index is 0. The Hall–Kier alpha value is -1.06. The molecule has 0 aliphatic carbocycles. The van der Waals surface area contributed by atoms with Gasteiger partial charge in [-0.3, -0.25) is 9.59 Å². The van der Waals surface area contributed by atoms with Crippen LogP contribution >= 0.6 is 0 Å². The maximum Gasteiger partial charge on any atom is 0.305 e. The van der Waals surface area contributed by atoms with Crippen LogP contribution in [0.2, 0.25) is 0 Å². The van der Waals surface area contributed by atoms with Gasteiger partial charge in [-0.15, -0.1) is 0 Å². The summed E-state index contributed by atoms with van der Waals surface area (Å²) in [6.45, 7) is 7.44. The monoisotopic (exact) mass is 709 g/mol. The van der Waals surface area contributed by atoms with Gasteiger partial charge < -0.3 is 9.84 Å². The van der Waals surface area contributed by atoms with Gasteiger partial charge in [-0.2, -0.15) is 0 Å². The molecule has 0 atom stereocenters. The number of ether oxygens (including phenoxy) is 1.